The van der Waals surface area contributed by atoms with Gasteiger partial charge in [0.25, 0.3) is 5.91 Å². The van der Waals surface area contributed by atoms with Gasteiger partial charge in [0.05, 0.1) is 4.90 Å². The number of sulfonamides is 1. The monoisotopic (exact) mass is 300 g/mol. The van der Waals surface area contributed by atoms with Gasteiger partial charge in [0.2, 0.25) is 10.0 Å². The van der Waals surface area contributed by atoms with Crippen LogP contribution in [0.25, 0.3) is 0 Å². The number of hydrogen-bond acceptors (Lipinski definition) is 5. The molecule has 0 aliphatic heterocycles. The Morgan fingerprint density at radius 3 is 2.65 bits per heavy atom. The lowest BCUT2D eigenvalue weighted by Crippen LogP contribution is -2.21. The lowest BCUT2D eigenvalue weighted by atomic mass is 10.3. The number of primary sulfonamides is 1. The number of carbonyl (C=O) groups excluding carboxylic acids is 2. The predicted molar refractivity (Wildman–Crippen MR) is 72.3 cm³/mol. The highest BCUT2D eigenvalue weighted by molar-refractivity contribution is 7.89. The van der Waals surface area contributed by atoms with E-state index < -0.39 is 28.5 Å². The van der Waals surface area contributed by atoms with Gasteiger partial charge < -0.3 is 10.1 Å². The second-order valence-corrected chi connectivity index (χ2v) is 5.59. The smallest absolute Gasteiger partial charge is 0.306 e. The van der Waals surface area contributed by atoms with Crippen LogP contribution in [0, 0.1) is 0 Å². The van der Waals surface area contributed by atoms with E-state index in [2.05, 4.69) is 5.32 Å². The summed E-state index contributed by atoms with van der Waals surface area (Å²) in [5, 5.41) is 7.39. The number of amides is 1. The molecule has 0 aliphatic rings. The number of benzene rings is 1. The molecule has 0 saturated carbocycles. The van der Waals surface area contributed by atoms with Crippen molar-refractivity contribution in [2.45, 2.75) is 24.7 Å². The van der Waals surface area contributed by atoms with Gasteiger partial charge in [-0.3, -0.25) is 9.59 Å². The van der Waals surface area contributed by atoms with Crippen LogP contribution < -0.4 is 10.5 Å². The maximum absolute atomic E-state index is 11.5. The Bertz CT molecular complexity index is 598. The highest BCUT2D eigenvalue weighted by Crippen LogP contribution is 2.13. The molecule has 0 atom stereocenters. The van der Waals surface area contributed by atoms with E-state index in [4.69, 9.17) is 9.88 Å². The van der Waals surface area contributed by atoms with Crippen LogP contribution in [0.2, 0.25) is 0 Å². The molecule has 0 aromatic heterocycles. The maximum Gasteiger partial charge on any atom is 0.306 e. The molecule has 0 aliphatic carbocycles. The molecule has 8 heteroatoms. The van der Waals surface area contributed by atoms with Gasteiger partial charge in [-0.15, -0.1) is 0 Å². The quantitative estimate of drug-likeness (QED) is 0.747. The fourth-order valence-electron chi connectivity index (χ4n) is 1.37. The van der Waals surface area contributed by atoms with Gasteiger partial charge in [0.15, 0.2) is 6.61 Å². The van der Waals surface area contributed by atoms with E-state index >= 15 is 0 Å². The van der Waals surface area contributed by atoms with Gasteiger partial charge in [-0.1, -0.05) is 13.0 Å². The van der Waals surface area contributed by atoms with Crippen molar-refractivity contribution in [1.29, 1.82) is 0 Å². The molecule has 3 N–H and O–H groups in total. The Hall–Kier alpha value is -1.93. The average Bonchev–Trinajstić information content (AvgIpc) is 2.36. The van der Waals surface area contributed by atoms with Crippen molar-refractivity contribution in [3.05, 3.63) is 24.3 Å². The minimum atomic E-state index is -3.83. The van der Waals surface area contributed by atoms with Gasteiger partial charge in [0, 0.05) is 12.1 Å². The van der Waals surface area contributed by atoms with E-state index in [0.717, 1.165) is 0 Å². The molecule has 0 saturated heterocycles. The van der Waals surface area contributed by atoms with Crippen molar-refractivity contribution in [2.75, 3.05) is 11.9 Å². The molecule has 0 unspecified atom stereocenters. The minimum absolute atomic E-state index is 0.113. The van der Waals surface area contributed by atoms with Crippen LogP contribution in [-0.2, 0) is 24.3 Å². The molecule has 0 fully saturated rings. The third kappa shape index (κ3) is 5.37. The van der Waals surface area contributed by atoms with Crippen LogP contribution in [0.1, 0.15) is 19.8 Å². The van der Waals surface area contributed by atoms with E-state index in [0.29, 0.717) is 6.42 Å². The lowest BCUT2D eigenvalue weighted by Gasteiger charge is -2.07. The molecule has 1 aromatic carbocycles. The van der Waals surface area contributed by atoms with Gasteiger partial charge in [-0.05, 0) is 24.6 Å². The minimum Gasteiger partial charge on any atom is -0.456 e. The first kappa shape index (κ1) is 16.1. The Kier molecular flexibility index (Phi) is 5.66. The van der Waals surface area contributed by atoms with E-state index in [1.165, 1.54) is 24.3 Å². The molecule has 0 heterocycles. The summed E-state index contributed by atoms with van der Waals surface area (Å²) in [6.45, 7) is 1.40. The van der Waals surface area contributed by atoms with Crippen molar-refractivity contribution in [3.63, 3.8) is 0 Å². The molecule has 20 heavy (non-hydrogen) atoms. The predicted octanol–water partition coefficient (Wildman–Crippen LogP) is 0.616. The lowest BCUT2D eigenvalue weighted by molar-refractivity contribution is -0.147. The molecule has 7 nitrogen and oxygen atoms in total. The summed E-state index contributed by atoms with van der Waals surface area (Å²) in [6.07, 6.45) is 0.880. The van der Waals surface area contributed by atoms with Crippen molar-refractivity contribution < 1.29 is 22.7 Å². The molecule has 0 bridgehead atoms. The number of nitrogens with two attached hydrogens (primary N) is 1. The Morgan fingerprint density at radius 1 is 1.35 bits per heavy atom. The average molecular weight is 300 g/mol. The zero-order valence-corrected chi connectivity index (χ0v) is 11.8. The number of hydrogen-bond donors (Lipinski definition) is 2. The van der Waals surface area contributed by atoms with Gasteiger partial charge in [0.1, 0.15) is 0 Å². The van der Waals surface area contributed by atoms with Crippen molar-refractivity contribution in [1.82, 2.24) is 0 Å². The van der Waals surface area contributed by atoms with E-state index in [-0.39, 0.29) is 17.0 Å². The summed E-state index contributed by atoms with van der Waals surface area (Å²) in [4.78, 5) is 22.5. The van der Waals surface area contributed by atoms with Crippen molar-refractivity contribution in [3.8, 4) is 0 Å². The first-order valence-electron chi connectivity index (χ1n) is 5.91. The van der Waals surface area contributed by atoms with Crippen LogP contribution in [0.15, 0.2) is 29.2 Å². The summed E-state index contributed by atoms with van der Waals surface area (Å²) in [5.74, 6) is -1.01. The van der Waals surface area contributed by atoms with Crippen LogP contribution >= 0.6 is 0 Å². The molecule has 0 spiro atoms. The fraction of sp³-hybridized carbons (Fsp3) is 0.333. The van der Waals surface area contributed by atoms with Gasteiger partial charge in [-0.25, -0.2) is 13.6 Å². The van der Waals surface area contributed by atoms with Crippen LogP contribution in [0.3, 0.4) is 0 Å². The van der Waals surface area contributed by atoms with Crippen LogP contribution in [0.5, 0.6) is 0 Å². The maximum atomic E-state index is 11.5. The first-order valence-corrected chi connectivity index (χ1v) is 7.46. The Labute approximate surface area is 117 Å². The molecule has 110 valence electrons. The molecular weight excluding hydrogens is 284 g/mol. The fourth-order valence-corrected chi connectivity index (χ4v) is 1.93. The summed E-state index contributed by atoms with van der Waals surface area (Å²) < 4.78 is 27.0. The Morgan fingerprint density at radius 2 is 2.05 bits per heavy atom. The standard InChI is InChI=1S/C12H16N2O5S/c1-2-4-12(16)19-8-11(15)14-9-5-3-6-10(7-9)20(13,17)18/h3,5-7H,2,4,8H2,1H3,(H,14,15)(H2,13,17,18). The number of ether oxygens (including phenoxy) is 1. The number of carbonyl (C=O) groups is 2. The molecule has 0 radical (unpaired) electrons. The molecule has 1 aromatic rings. The first-order chi connectivity index (χ1) is 9.32. The Balaban J connectivity index is 2.61. The molecule has 1 amide bonds. The third-order valence-electron chi connectivity index (χ3n) is 2.26. The SMILES string of the molecule is CCCC(=O)OCC(=O)Nc1cccc(S(N)(=O)=O)c1. The zero-order valence-electron chi connectivity index (χ0n) is 11.0. The van der Waals surface area contributed by atoms with Crippen LogP contribution in [0.4, 0.5) is 5.69 Å². The number of esters is 1. The highest BCUT2D eigenvalue weighted by atomic mass is 32.2. The summed E-state index contributed by atoms with van der Waals surface area (Å²) in [5.41, 5.74) is 0.257. The normalized spacial score (nSPS) is 10.9. The second-order valence-electron chi connectivity index (χ2n) is 4.03. The number of anilines is 1. The van der Waals surface area contributed by atoms with Crippen LogP contribution in [-0.4, -0.2) is 26.9 Å². The van der Waals surface area contributed by atoms with Crippen molar-refractivity contribution >= 4 is 27.6 Å². The van der Waals surface area contributed by atoms with Gasteiger partial charge >= 0.3 is 5.97 Å². The van der Waals surface area contributed by atoms with E-state index in [1.54, 1.807) is 0 Å². The number of rotatable bonds is 6. The zero-order chi connectivity index (χ0) is 15.2. The third-order valence-corrected chi connectivity index (χ3v) is 3.18. The molecule has 1 rings (SSSR count). The van der Waals surface area contributed by atoms with E-state index in [9.17, 15) is 18.0 Å². The summed E-state index contributed by atoms with van der Waals surface area (Å²) >= 11 is 0. The van der Waals surface area contributed by atoms with Crippen molar-refractivity contribution in [2.24, 2.45) is 5.14 Å². The van der Waals surface area contributed by atoms with Gasteiger partial charge in [-0.2, -0.15) is 0 Å². The second kappa shape index (κ2) is 7.01. The van der Waals surface area contributed by atoms with E-state index in [1.807, 2.05) is 6.92 Å². The topological polar surface area (TPSA) is 116 Å². The summed E-state index contributed by atoms with van der Waals surface area (Å²) in [7, 11) is -3.83. The highest BCUT2D eigenvalue weighted by Gasteiger charge is 2.10. The molecular formula is C12H16N2O5S. The number of nitrogens with one attached hydrogen (secondary N) is 1. The summed E-state index contributed by atoms with van der Waals surface area (Å²) in [6, 6.07) is 5.48. The largest absolute Gasteiger partial charge is 0.456 e.